The third-order valence-corrected chi connectivity index (χ3v) is 4.38. The minimum absolute atomic E-state index is 0.0648. The quantitative estimate of drug-likeness (QED) is 0.804. The molecule has 0 aliphatic heterocycles. The maximum atomic E-state index is 12.0. The number of halogens is 2. The van der Waals surface area contributed by atoms with Gasteiger partial charge in [0.1, 0.15) is 5.75 Å². The Morgan fingerprint density at radius 1 is 1.18 bits per heavy atom. The summed E-state index contributed by atoms with van der Waals surface area (Å²) in [5.74, 6) is 0.414. The van der Waals surface area contributed by atoms with E-state index in [1.807, 2.05) is 51.1 Å². The van der Waals surface area contributed by atoms with Crippen molar-refractivity contribution in [2.45, 2.75) is 20.8 Å². The molecule has 0 bridgehead atoms. The number of carbonyl (C=O) groups is 1. The molecular weight excluding hydrogens is 366 g/mol. The molecule has 22 heavy (non-hydrogen) atoms. The number of amides is 1. The van der Waals surface area contributed by atoms with Gasteiger partial charge < -0.3 is 10.1 Å². The molecule has 0 saturated heterocycles. The minimum atomic E-state index is -0.241. The maximum absolute atomic E-state index is 12.0. The smallest absolute Gasteiger partial charge is 0.262 e. The van der Waals surface area contributed by atoms with Crippen molar-refractivity contribution in [3.8, 4) is 5.75 Å². The Hall–Kier alpha value is -1.52. The number of benzene rings is 2. The molecule has 1 amide bonds. The summed E-state index contributed by atoms with van der Waals surface area (Å²) in [4.78, 5) is 12.0. The third kappa shape index (κ3) is 4.24. The molecule has 5 heteroatoms. The second-order valence-electron chi connectivity index (χ2n) is 5.19. The zero-order chi connectivity index (χ0) is 16.3. The average Bonchev–Trinajstić information content (AvgIpc) is 2.44. The van der Waals surface area contributed by atoms with E-state index >= 15 is 0 Å². The molecule has 116 valence electrons. The molecule has 0 spiro atoms. The Labute approximate surface area is 143 Å². The van der Waals surface area contributed by atoms with Crippen molar-refractivity contribution in [2.24, 2.45) is 0 Å². The lowest BCUT2D eigenvalue weighted by atomic mass is 10.1. The molecule has 0 atom stereocenters. The second kappa shape index (κ2) is 7.16. The molecule has 0 aliphatic carbocycles. The lowest BCUT2D eigenvalue weighted by molar-refractivity contribution is -0.118. The summed E-state index contributed by atoms with van der Waals surface area (Å²) >= 11 is 9.60. The van der Waals surface area contributed by atoms with E-state index in [0.717, 1.165) is 21.2 Å². The third-order valence-electron chi connectivity index (χ3n) is 3.20. The van der Waals surface area contributed by atoms with E-state index in [-0.39, 0.29) is 12.5 Å². The van der Waals surface area contributed by atoms with Crippen molar-refractivity contribution in [1.29, 1.82) is 0 Å². The maximum Gasteiger partial charge on any atom is 0.262 e. The summed E-state index contributed by atoms with van der Waals surface area (Å²) in [7, 11) is 0. The largest absolute Gasteiger partial charge is 0.484 e. The summed E-state index contributed by atoms with van der Waals surface area (Å²) in [6, 6.07) is 9.38. The van der Waals surface area contributed by atoms with Gasteiger partial charge >= 0.3 is 0 Å². The van der Waals surface area contributed by atoms with Crippen LogP contribution in [0.4, 0.5) is 5.69 Å². The van der Waals surface area contributed by atoms with E-state index in [1.54, 1.807) is 0 Å². The van der Waals surface area contributed by atoms with E-state index in [1.165, 1.54) is 0 Å². The highest BCUT2D eigenvalue weighted by Gasteiger charge is 2.10. The Morgan fingerprint density at radius 2 is 1.91 bits per heavy atom. The monoisotopic (exact) mass is 381 g/mol. The number of nitrogens with one attached hydrogen (secondary N) is 1. The first kappa shape index (κ1) is 16.8. The van der Waals surface area contributed by atoms with Crippen LogP contribution in [0.15, 0.2) is 34.8 Å². The first-order valence-corrected chi connectivity index (χ1v) is 7.99. The molecule has 0 heterocycles. The van der Waals surface area contributed by atoms with Crippen LogP contribution in [0.3, 0.4) is 0 Å². The van der Waals surface area contributed by atoms with Gasteiger partial charge in [-0.3, -0.25) is 4.79 Å². The van der Waals surface area contributed by atoms with Gasteiger partial charge in [-0.15, -0.1) is 0 Å². The van der Waals surface area contributed by atoms with Gasteiger partial charge in [-0.1, -0.05) is 33.6 Å². The van der Waals surface area contributed by atoms with Gasteiger partial charge in [-0.05, 0) is 61.7 Å². The van der Waals surface area contributed by atoms with Crippen LogP contribution in [0, 0.1) is 20.8 Å². The van der Waals surface area contributed by atoms with Crippen molar-refractivity contribution >= 4 is 39.1 Å². The normalized spacial score (nSPS) is 10.4. The SMILES string of the molecule is Cc1cc(C)c(NC(=O)COc2ccc(Br)c(C)c2)c(Cl)c1. The van der Waals surface area contributed by atoms with Gasteiger partial charge in [-0.25, -0.2) is 0 Å². The first-order valence-electron chi connectivity index (χ1n) is 6.82. The van der Waals surface area contributed by atoms with Crippen LogP contribution in [-0.2, 0) is 4.79 Å². The lowest BCUT2D eigenvalue weighted by Crippen LogP contribution is -2.21. The predicted molar refractivity (Wildman–Crippen MR) is 93.9 cm³/mol. The number of hydrogen-bond acceptors (Lipinski definition) is 2. The summed E-state index contributed by atoms with van der Waals surface area (Å²) in [6.45, 7) is 5.77. The highest BCUT2D eigenvalue weighted by Crippen LogP contribution is 2.27. The van der Waals surface area contributed by atoms with E-state index < -0.39 is 0 Å². The van der Waals surface area contributed by atoms with Crippen LogP contribution in [0.1, 0.15) is 16.7 Å². The molecule has 3 nitrogen and oxygen atoms in total. The fraction of sp³-hybridized carbons (Fsp3) is 0.235. The average molecular weight is 383 g/mol. The molecule has 1 N–H and O–H groups in total. The number of anilines is 1. The van der Waals surface area contributed by atoms with Crippen molar-refractivity contribution < 1.29 is 9.53 Å². The van der Waals surface area contributed by atoms with E-state index in [4.69, 9.17) is 16.3 Å². The predicted octanol–water partition coefficient (Wildman–Crippen LogP) is 5.05. The summed E-state index contributed by atoms with van der Waals surface area (Å²) in [5, 5.41) is 3.33. The molecule has 0 aromatic heterocycles. The van der Waals surface area contributed by atoms with Gasteiger partial charge in [0.15, 0.2) is 6.61 Å². The van der Waals surface area contributed by atoms with Gasteiger partial charge in [0.25, 0.3) is 5.91 Å². The van der Waals surface area contributed by atoms with Crippen LogP contribution in [0.25, 0.3) is 0 Å². The molecule has 0 aliphatic rings. The molecule has 2 rings (SSSR count). The fourth-order valence-electron chi connectivity index (χ4n) is 2.11. The number of hydrogen-bond donors (Lipinski definition) is 1. The molecular formula is C17H17BrClNO2. The number of carbonyl (C=O) groups excluding carboxylic acids is 1. The molecule has 0 saturated carbocycles. The highest BCUT2D eigenvalue weighted by molar-refractivity contribution is 9.10. The molecule has 0 fully saturated rings. The first-order chi connectivity index (χ1) is 10.4. The van der Waals surface area contributed by atoms with Crippen molar-refractivity contribution in [1.82, 2.24) is 0 Å². The number of rotatable bonds is 4. The molecule has 0 radical (unpaired) electrons. The number of ether oxygens (including phenoxy) is 1. The Morgan fingerprint density at radius 3 is 2.55 bits per heavy atom. The van der Waals surface area contributed by atoms with Gasteiger partial charge in [0.05, 0.1) is 10.7 Å². The van der Waals surface area contributed by atoms with Gasteiger partial charge in [-0.2, -0.15) is 0 Å². The highest BCUT2D eigenvalue weighted by atomic mass is 79.9. The van der Waals surface area contributed by atoms with Crippen LogP contribution in [0.5, 0.6) is 5.75 Å². The molecule has 2 aromatic rings. The Bertz CT molecular complexity index is 693. The van der Waals surface area contributed by atoms with Gasteiger partial charge in [0.2, 0.25) is 0 Å². The summed E-state index contributed by atoms with van der Waals surface area (Å²) in [6.07, 6.45) is 0. The molecule has 0 unspecified atom stereocenters. The van der Waals surface area contributed by atoms with Crippen molar-refractivity contribution in [3.05, 3.63) is 56.5 Å². The Balaban J connectivity index is 2.00. The van der Waals surface area contributed by atoms with Crippen LogP contribution >= 0.6 is 27.5 Å². The lowest BCUT2D eigenvalue weighted by Gasteiger charge is -2.12. The van der Waals surface area contributed by atoms with E-state index in [2.05, 4.69) is 21.2 Å². The van der Waals surface area contributed by atoms with Crippen LogP contribution in [0.2, 0.25) is 5.02 Å². The second-order valence-corrected chi connectivity index (χ2v) is 6.45. The van der Waals surface area contributed by atoms with Crippen LogP contribution < -0.4 is 10.1 Å². The number of aryl methyl sites for hydroxylation is 3. The van der Waals surface area contributed by atoms with E-state index in [9.17, 15) is 4.79 Å². The summed E-state index contributed by atoms with van der Waals surface area (Å²) in [5.41, 5.74) is 3.67. The Kier molecular flexibility index (Phi) is 5.48. The zero-order valence-corrected chi connectivity index (χ0v) is 15.0. The standard InChI is InChI=1S/C17H17BrClNO2/c1-10-6-12(3)17(15(19)7-10)20-16(21)9-22-13-4-5-14(18)11(2)8-13/h4-8H,9H2,1-3H3,(H,20,21). The topological polar surface area (TPSA) is 38.3 Å². The van der Waals surface area contributed by atoms with Gasteiger partial charge in [0, 0.05) is 4.47 Å². The molecule has 2 aromatic carbocycles. The summed E-state index contributed by atoms with van der Waals surface area (Å²) < 4.78 is 6.51. The fourth-order valence-corrected chi connectivity index (χ4v) is 2.72. The van der Waals surface area contributed by atoms with Crippen molar-refractivity contribution in [2.75, 3.05) is 11.9 Å². The van der Waals surface area contributed by atoms with E-state index in [0.29, 0.717) is 16.5 Å². The minimum Gasteiger partial charge on any atom is -0.484 e. The van der Waals surface area contributed by atoms with Crippen molar-refractivity contribution in [3.63, 3.8) is 0 Å². The van der Waals surface area contributed by atoms with Crippen LogP contribution in [-0.4, -0.2) is 12.5 Å². The zero-order valence-electron chi connectivity index (χ0n) is 12.7.